The van der Waals surface area contributed by atoms with Gasteiger partial charge in [0.1, 0.15) is 11.5 Å². The summed E-state index contributed by atoms with van der Waals surface area (Å²) < 4.78 is 7.69. The van der Waals surface area contributed by atoms with Gasteiger partial charge in [-0.05, 0) is 32.9 Å². The second-order valence-electron chi connectivity index (χ2n) is 4.61. The summed E-state index contributed by atoms with van der Waals surface area (Å²) in [6.07, 6.45) is 3.75. The predicted molar refractivity (Wildman–Crippen MR) is 69.4 cm³/mol. The van der Waals surface area contributed by atoms with Crippen LogP contribution in [0, 0.1) is 0 Å². The molecule has 0 radical (unpaired) electrons. The van der Waals surface area contributed by atoms with Gasteiger partial charge in [-0.15, -0.1) is 0 Å². The Bertz CT molecular complexity index is 490. The summed E-state index contributed by atoms with van der Waals surface area (Å²) in [5.41, 5.74) is 0.779. The van der Waals surface area contributed by atoms with Crippen molar-refractivity contribution in [3.8, 4) is 0 Å². The van der Waals surface area contributed by atoms with E-state index in [1.165, 1.54) is 0 Å². The van der Waals surface area contributed by atoms with Gasteiger partial charge in [-0.2, -0.15) is 0 Å². The molecule has 2 heterocycles. The number of rotatable bonds is 5. The number of ether oxygens (including phenoxy) is 1. The van der Waals surface area contributed by atoms with Crippen LogP contribution in [0.2, 0.25) is 0 Å². The number of hydrogen-bond donors (Lipinski definition) is 1. The Hall–Kier alpha value is -1.55. The Kier molecular flexibility index (Phi) is 3.33. The minimum Gasteiger partial charge on any atom is -0.374 e. The first-order valence-electron chi connectivity index (χ1n) is 5.92. The van der Waals surface area contributed by atoms with Gasteiger partial charge in [0.2, 0.25) is 0 Å². The van der Waals surface area contributed by atoms with Crippen molar-refractivity contribution in [3.05, 3.63) is 30.6 Å². The van der Waals surface area contributed by atoms with Gasteiger partial charge in [-0.1, -0.05) is 6.07 Å². The second-order valence-corrected chi connectivity index (χ2v) is 4.61. The van der Waals surface area contributed by atoms with Gasteiger partial charge >= 0.3 is 0 Å². The summed E-state index contributed by atoms with van der Waals surface area (Å²) in [6, 6.07) is 6.02. The van der Waals surface area contributed by atoms with Gasteiger partial charge in [0, 0.05) is 25.5 Å². The van der Waals surface area contributed by atoms with Gasteiger partial charge in [0.05, 0.1) is 5.60 Å². The van der Waals surface area contributed by atoms with Crippen LogP contribution < -0.4 is 5.32 Å². The molecule has 0 aliphatic carbocycles. The van der Waals surface area contributed by atoms with Gasteiger partial charge in [0.25, 0.3) is 0 Å². The molecule has 0 aliphatic heterocycles. The lowest BCUT2D eigenvalue weighted by Gasteiger charge is -2.25. The Morgan fingerprint density at radius 2 is 2.24 bits per heavy atom. The van der Waals surface area contributed by atoms with Gasteiger partial charge in [-0.25, -0.2) is 4.98 Å². The molecular weight excluding hydrogens is 214 g/mol. The van der Waals surface area contributed by atoms with Gasteiger partial charge in [-0.3, -0.25) is 4.40 Å². The second kappa shape index (κ2) is 4.75. The molecule has 2 rings (SSSR count). The van der Waals surface area contributed by atoms with E-state index in [1.807, 2.05) is 35.7 Å². The smallest absolute Gasteiger partial charge is 0.138 e. The Morgan fingerprint density at radius 1 is 1.41 bits per heavy atom. The van der Waals surface area contributed by atoms with Crippen LogP contribution in [-0.2, 0) is 4.74 Å². The standard InChI is InChI=1S/C13H19N3O/c1-4-17-13(2,3)10-15-12-7-5-6-11-14-8-9-16(11)12/h5-9,15H,4,10H2,1-3H3. The zero-order valence-corrected chi connectivity index (χ0v) is 10.6. The largest absolute Gasteiger partial charge is 0.374 e. The average Bonchev–Trinajstić information content (AvgIpc) is 2.74. The number of imidazole rings is 1. The van der Waals surface area contributed by atoms with Crippen LogP contribution in [0.4, 0.5) is 5.82 Å². The first kappa shape index (κ1) is 11.9. The van der Waals surface area contributed by atoms with Crippen molar-refractivity contribution in [1.29, 1.82) is 0 Å². The fourth-order valence-corrected chi connectivity index (χ4v) is 1.84. The molecule has 0 bridgehead atoms. The maximum absolute atomic E-state index is 5.66. The number of aromatic nitrogens is 2. The van der Waals surface area contributed by atoms with Crippen molar-refractivity contribution in [2.45, 2.75) is 26.4 Å². The SMILES string of the molecule is CCOC(C)(C)CNc1cccc2nccn12. The number of fused-ring (bicyclic) bond motifs is 1. The molecule has 92 valence electrons. The average molecular weight is 233 g/mol. The number of anilines is 1. The van der Waals surface area contributed by atoms with Crippen LogP contribution in [0.15, 0.2) is 30.6 Å². The summed E-state index contributed by atoms with van der Waals surface area (Å²) in [4.78, 5) is 4.25. The summed E-state index contributed by atoms with van der Waals surface area (Å²) in [5, 5.41) is 3.40. The third-order valence-electron chi connectivity index (χ3n) is 2.66. The third-order valence-corrected chi connectivity index (χ3v) is 2.66. The van der Waals surface area contributed by atoms with Crippen LogP contribution in [0.3, 0.4) is 0 Å². The van der Waals surface area contributed by atoms with E-state index in [2.05, 4.69) is 24.1 Å². The lowest BCUT2D eigenvalue weighted by molar-refractivity contribution is 0.000630. The third kappa shape index (κ3) is 2.77. The van der Waals surface area contributed by atoms with Crippen LogP contribution >= 0.6 is 0 Å². The molecule has 0 atom stereocenters. The lowest BCUT2D eigenvalue weighted by Crippen LogP contribution is -2.33. The Morgan fingerprint density at radius 3 is 3.00 bits per heavy atom. The quantitative estimate of drug-likeness (QED) is 0.862. The highest BCUT2D eigenvalue weighted by atomic mass is 16.5. The lowest BCUT2D eigenvalue weighted by atomic mass is 10.1. The normalized spacial score (nSPS) is 11.9. The molecular formula is C13H19N3O. The maximum Gasteiger partial charge on any atom is 0.138 e. The van der Waals surface area contributed by atoms with E-state index in [0.29, 0.717) is 0 Å². The number of pyridine rings is 1. The zero-order chi connectivity index (χ0) is 12.3. The van der Waals surface area contributed by atoms with E-state index in [-0.39, 0.29) is 5.60 Å². The van der Waals surface area contributed by atoms with Crippen molar-refractivity contribution >= 4 is 11.5 Å². The van der Waals surface area contributed by atoms with Crippen molar-refractivity contribution in [3.63, 3.8) is 0 Å². The molecule has 0 fully saturated rings. The van der Waals surface area contributed by atoms with Crippen molar-refractivity contribution in [2.75, 3.05) is 18.5 Å². The summed E-state index contributed by atoms with van der Waals surface area (Å²) in [6.45, 7) is 7.66. The molecule has 4 heteroatoms. The van der Waals surface area contributed by atoms with Crippen molar-refractivity contribution < 1.29 is 4.74 Å². The molecule has 2 aromatic heterocycles. The van der Waals surface area contributed by atoms with Gasteiger partial charge < -0.3 is 10.1 Å². The summed E-state index contributed by atoms with van der Waals surface area (Å²) >= 11 is 0. The molecule has 2 aromatic rings. The predicted octanol–water partition coefficient (Wildman–Crippen LogP) is 2.56. The fraction of sp³-hybridized carbons (Fsp3) is 0.462. The summed E-state index contributed by atoms with van der Waals surface area (Å²) in [5.74, 6) is 1.03. The molecule has 0 unspecified atom stereocenters. The minimum atomic E-state index is -0.169. The zero-order valence-electron chi connectivity index (χ0n) is 10.6. The van der Waals surface area contributed by atoms with Crippen LogP contribution in [0.5, 0.6) is 0 Å². The number of nitrogens with one attached hydrogen (secondary N) is 1. The molecule has 0 saturated heterocycles. The van der Waals surface area contributed by atoms with Crippen molar-refractivity contribution in [1.82, 2.24) is 9.38 Å². The van der Waals surface area contributed by atoms with E-state index in [1.54, 1.807) is 6.20 Å². The number of hydrogen-bond acceptors (Lipinski definition) is 3. The molecule has 0 saturated carbocycles. The Labute approximate surface area is 102 Å². The fourth-order valence-electron chi connectivity index (χ4n) is 1.84. The highest BCUT2D eigenvalue weighted by molar-refractivity contribution is 5.49. The first-order valence-corrected chi connectivity index (χ1v) is 5.92. The molecule has 1 N–H and O–H groups in total. The van der Waals surface area contributed by atoms with E-state index >= 15 is 0 Å². The molecule has 0 aliphatic rings. The topological polar surface area (TPSA) is 38.6 Å². The highest BCUT2D eigenvalue weighted by Gasteiger charge is 2.17. The molecule has 0 aromatic carbocycles. The molecule has 17 heavy (non-hydrogen) atoms. The first-order chi connectivity index (χ1) is 8.12. The van der Waals surface area contributed by atoms with E-state index < -0.39 is 0 Å². The van der Waals surface area contributed by atoms with E-state index in [9.17, 15) is 0 Å². The van der Waals surface area contributed by atoms with Crippen LogP contribution in [0.1, 0.15) is 20.8 Å². The van der Waals surface area contributed by atoms with Gasteiger partial charge in [0.15, 0.2) is 0 Å². The molecule has 0 amide bonds. The van der Waals surface area contributed by atoms with Crippen LogP contribution in [-0.4, -0.2) is 28.1 Å². The molecule has 4 nitrogen and oxygen atoms in total. The highest BCUT2D eigenvalue weighted by Crippen LogP contribution is 2.14. The van der Waals surface area contributed by atoms with Crippen LogP contribution in [0.25, 0.3) is 5.65 Å². The molecule has 0 spiro atoms. The Balaban J connectivity index is 2.11. The van der Waals surface area contributed by atoms with E-state index in [4.69, 9.17) is 4.74 Å². The van der Waals surface area contributed by atoms with Crippen molar-refractivity contribution in [2.24, 2.45) is 0 Å². The number of nitrogens with zero attached hydrogens (tertiary/aromatic N) is 2. The monoisotopic (exact) mass is 233 g/mol. The summed E-state index contributed by atoms with van der Waals surface area (Å²) in [7, 11) is 0. The minimum absolute atomic E-state index is 0.169. The van der Waals surface area contributed by atoms with E-state index in [0.717, 1.165) is 24.6 Å². The maximum atomic E-state index is 5.66.